The Bertz CT molecular complexity index is 594. The zero-order valence-electron chi connectivity index (χ0n) is 11.0. The molecule has 0 bridgehead atoms. The molecular weight excluding hydrogens is 273 g/mol. The molecule has 0 aliphatic heterocycles. The molecule has 5 nitrogen and oxygen atoms in total. The monoisotopic (exact) mass is 289 g/mol. The van der Waals surface area contributed by atoms with Crippen LogP contribution in [0.1, 0.15) is 29.8 Å². The second kappa shape index (κ2) is 5.66. The van der Waals surface area contributed by atoms with Crippen LogP contribution in [0.2, 0.25) is 0 Å². The van der Waals surface area contributed by atoms with Crippen molar-refractivity contribution in [1.29, 1.82) is 0 Å². The first-order valence-corrected chi connectivity index (χ1v) is 7.23. The molecule has 0 saturated carbocycles. The highest BCUT2D eigenvalue weighted by Crippen LogP contribution is 2.22. The van der Waals surface area contributed by atoms with Crippen molar-refractivity contribution < 1.29 is 22.7 Å². The van der Waals surface area contributed by atoms with E-state index in [2.05, 4.69) is 0 Å². The SMILES string of the molecule is CCN(CC)S(=O)(=O)c1cc(C)c(F)c(C(=O)O)c1. The molecule has 0 heterocycles. The zero-order chi connectivity index (χ0) is 14.8. The minimum atomic E-state index is -3.79. The molecule has 19 heavy (non-hydrogen) atoms. The van der Waals surface area contributed by atoms with Gasteiger partial charge in [0.1, 0.15) is 5.82 Å². The Labute approximate surface area is 111 Å². The number of rotatable bonds is 5. The van der Waals surface area contributed by atoms with Gasteiger partial charge in [0.15, 0.2) is 0 Å². The van der Waals surface area contributed by atoms with E-state index in [0.29, 0.717) is 0 Å². The first-order chi connectivity index (χ1) is 8.75. The van der Waals surface area contributed by atoms with Crippen LogP contribution < -0.4 is 0 Å². The van der Waals surface area contributed by atoms with Gasteiger partial charge >= 0.3 is 5.97 Å². The number of aromatic carboxylic acids is 1. The summed E-state index contributed by atoms with van der Waals surface area (Å²) in [6, 6.07) is 2.01. The predicted octanol–water partition coefficient (Wildman–Crippen LogP) is 1.86. The van der Waals surface area contributed by atoms with E-state index in [1.807, 2.05) is 0 Å². The van der Waals surface area contributed by atoms with Crippen molar-refractivity contribution in [3.05, 3.63) is 29.1 Å². The highest BCUT2D eigenvalue weighted by molar-refractivity contribution is 7.89. The lowest BCUT2D eigenvalue weighted by atomic mass is 10.1. The summed E-state index contributed by atoms with van der Waals surface area (Å²) in [6.45, 7) is 5.21. The van der Waals surface area contributed by atoms with E-state index < -0.39 is 27.4 Å². The quantitative estimate of drug-likeness (QED) is 0.898. The molecule has 0 radical (unpaired) electrons. The summed E-state index contributed by atoms with van der Waals surface area (Å²) in [4.78, 5) is 10.7. The van der Waals surface area contributed by atoms with Crippen molar-refractivity contribution in [1.82, 2.24) is 4.31 Å². The third-order valence-corrected chi connectivity index (χ3v) is 4.83. The summed E-state index contributed by atoms with van der Waals surface area (Å²) in [6.07, 6.45) is 0. The zero-order valence-corrected chi connectivity index (χ0v) is 11.8. The molecule has 0 saturated heterocycles. The van der Waals surface area contributed by atoms with Crippen LogP contribution in [0.15, 0.2) is 17.0 Å². The Morgan fingerprint density at radius 3 is 2.26 bits per heavy atom. The summed E-state index contributed by atoms with van der Waals surface area (Å²) in [5.74, 6) is -2.40. The molecule has 0 aromatic heterocycles. The fourth-order valence-corrected chi connectivity index (χ4v) is 3.32. The maximum Gasteiger partial charge on any atom is 0.338 e. The Kier molecular flexibility index (Phi) is 4.65. The normalized spacial score (nSPS) is 11.8. The second-order valence-electron chi connectivity index (χ2n) is 4.00. The predicted molar refractivity (Wildman–Crippen MR) is 68.2 cm³/mol. The second-order valence-corrected chi connectivity index (χ2v) is 5.93. The van der Waals surface area contributed by atoms with Gasteiger partial charge in [-0.1, -0.05) is 13.8 Å². The lowest BCUT2D eigenvalue weighted by Crippen LogP contribution is -2.31. The van der Waals surface area contributed by atoms with Crippen LogP contribution in [0, 0.1) is 12.7 Å². The third-order valence-electron chi connectivity index (χ3n) is 2.80. The number of carbonyl (C=O) groups is 1. The third kappa shape index (κ3) is 2.93. The van der Waals surface area contributed by atoms with Gasteiger partial charge in [0, 0.05) is 13.1 Å². The maximum atomic E-state index is 13.6. The maximum absolute atomic E-state index is 13.6. The van der Waals surface area contributed by atoms with Crippen LogP contribution >= 0.6 is 0 Å². The number of aryl methyl sites for hydroxylation is 1. The van der Waals surface area contributed by atoms with Gasteiger partial charge in [0.05, 0.1) is 10.5 Å². The van der Waals surface area contributed by atoms with E-state index in [9.17, 15) is 17.6 Å². The van der Waals surface area contributed by atoms with E-state index in [1.54, 1.807) is 13.8 Å². The molecule has 0 spiro atoms. The van der Waals surface area contributed by atoms with Gasteiger partial charge in [-0.2, -0.15) is 4.31 Å². The average molecular weight is 289 g/mol. The summed E-state index contributed by atoms with van der Waals surface area (Å²) in [7, 11) is -3.79. The van der Waals surface area contributed by atoms with E-state index in [-0.39, 0.29) is 23.5 Å². The van der Waals surface area contributed by atoms with Crippen LogP contribution in [-0.2, 0) is 10.0 Å². The molecule has 0 aliphatic rings. The highest BCUT2D eigenvalue weighted by Gasteiger charge is 2.25. The van der Waals surface area contributed by atoms with Crippen molar-refractivity contribution in [2.45, 2.75) is 25.7 Å². The summed E-state index contributed by atoms with van der Waals surface area (Å²) >= 11 is 0. The standard InChI is InChI=1S/C12H16FNO4S/c1-4-14(5-2)19(17,18)9-6-8(3)11(13)10(7-9)12(15)16/h6-7H,4-5H2,1-3H3,(H,15,16). The number of sulfonamides is 1. The lowest BCUT2D eigenvalue weighted by molar-refractivity contribution is 0.0691. The Morgan fingerprint density at radius 2 is 1.84 bits per heavy atom. The van der Waals surface area contributed by atoms with E-state index in [4.69, 9.17) is 5.11 Å². The van der Waals surface area contributed by atoms with Crippen molar-refractivity contribution >= 4 is 16.0 Å². The van der Waals surface area contributed by atoms with Gasteiger partial charge in [0.2, 0.25) is 10.0 Å². The van der Waals surface area contributed by atoms with Crippen LogP contribution in [0.4, 0.5) is 4.39 Å². The topological polar surface area (TPSA) is 74.7 Å². The fourth-order valence-electron chi connectivity index (χ4n) is 1.75. The van der Waals surface area contributed by atoms with Crippen LogP contribution in [0.3, 0.4) is 0 Å². The first-order valence-electron chi connectivity index (χ1n) is 5.79. The molecule has 106 valence electrons. The molecule has 7 heteroatoms. The van der Waals surface area contributed by atoms with E-state index >= 15 is 0 Å². The van der Waals surface area contributed by atoms with Gasteiger partial charge in [-0.05, 0) is 24.6 Å². The molecule has 0 amide bonds. The number of benzene rings is 1. The minimum absolute atomic E-state index is 0.00867. The van der Waals surface area contributed by atoms with Crippen molar-refractivity contribution in [2.24, 2.45) is 0 Å². The van der Waals surface area contributed by atoms with Gasteiger partial charge in [0.25, 0.3) is 0 Å². The largest absolute Gasteiger partial charge is 0.478 e. The molecule has 1 N–H and O–H groups in total. The number of hydrogen-bond donors (Lipinski definition) is 1. The minimum Gasteiger partial charge on any atom is -0.478 e. The Hall–Kier alpha value is -1.47. The van der Waals surface area contributed by atoms with Crippen molar-refractivity contribution in [3.8, 4) is 0 Å². The Morgan fingerprint density at radius 1 is 1.32 bits per heavy atom. The number of carboxylic acid groups (broad SMARTS) is 1. The Balaban J connectivity index is 3.49. The molecule has 0 atom stereocenters. The number of nitrogens with zero attached hydrogens (tertiary/aromatic N) is 1. The molecule has 0 unspecified atom stereocenters. The highest BCUT2D eigenvalue weighted by atomic mass is 32.2. The van der Waals surface area contributed by atoms with Gasteiger partial charge < -0.3 is 5.11 Å². The van der Waals surface area contributed by atoms with Gasteiger partial charge in [-0.25, -0.2) is 17.6 Å². The molecule has 1 aromatic carbocycles. The molecular formula is C12H16FNO4S. The first kappa shape index (κ1) is 15.6. The fraction of sp³-hybridized carbons (Fsp3) is 0.417. The number of hydrogen-bond acceptors (Lipinski definition) is 3. The number of carboxylic acids is 1. The van der Waals surface area contributed by atoms with Crippen molar-refractivity contribution in [2.75, 3.05) is 13.1 Å². The molecule has 0 aliphatic carbocycles. The van der Waals surface area contributed by atoms with Crippen molar-refractivity contribution in [3.63, 3.8) is 0 Å². The smallest absolute Gasteiger partial charge is 0.338 e. The van der Waals surface area contributed by atoms with Gasteiger partial charge in [-0.3, -0.25) is 0 Å². The summed E-state index contributed by atoms with van der Waals surface area (Å²) in [5, 5.41) is 8.88. The molecule has 1 aromatic rings. The molecule has 1 rings (SSSR count). The van der Waals surface area contributed by atoms with Crippen LogP contribution in [0.25, 0.3) is 0 Å². The number of halogens is 1. The summed E-state index contributed by atoms with van der Waals surface area (Å²) < 4.78 is 39.3. The molecule has 0 fully saturated rings. The lowest BCUT2D eigenvalue weighted by Gasteiger charge is -2.19. The van der Waals surface area contributed by atoms with E-state index in [1.165, 1.54) is 11.2 Å². The van der Waals surface area contributed by atoms with E-state index in [0.717, 1.165) is 12.1 Å². The summed E-state index contributed by atoms with van der Waals surface area (Å²) in [5.41, 5.74) is -0.642. The van der Waals surface area contributed by atoms with Crippen LogP contribution in [0.5, 0.6) is 0 Å². The average Bonchev–Trinajstić information content (AvgIpc) is 2.33. The van der Waals surface area contributed by atoms with Crippen LogP contribution in [-0.4, -0.2) is 36.9 Å². The van der Waals surface area contributed by atoms with Gasteiger partial charge in [-0.15, -0.1) is 0 Å².